The van der Waals surface area contributed by atoms with E-state index in [1.165, 1.54) is 38.0 Å². The minimum atomic E-state index is 0.179. The number of hydrogen-bond acceptors (Lipinski definition) is 3. The average Bonchev–Trinajstić information content (AvgIpc) is 2.39. The van der Waals surface area contributed by atoms with Gasteiger partial charge in [0.1, 0.15) is 5.82 Å². The number of likely N-dealkylation sites (tertiary alicyclic amines) is 1. The first-order valence-electron chi connectivity index (χ1n) is 7.44. The molecule has 0 aromatic carbocycles. The molecule has 106 valence electrons. The van der Waals surface area contributed by atoms with E-state index in [2.05, 4.69) is 55.0 Å². The molecular formula is C16H27N3. The van der Waals surface area contributed by atoms with E-state index in [1.807, 2.05) is 6.20 Å². The van der Waals surface area contributed by atoms with E-state index in [9.17, 15) is 0 Å². The van der Waals surface area contributed by atoms with Gasteiger partial charge in [0.2, 0.25) is 0 Å². The lowest BCUT2D eigenvalue weighted by Gasteiger charge is -2.31. The Morgan fingerprint density at radius 1 is 1.26 bits per heavy atom. The Kier molecular flexibility index (Phi) is 4.46. The van der Waals surface area contributed by atoms with Crippen molar-refractivity contribution in [1.82, 2.24) is 9.88 Å². The molecule has 1 N–H and O–H groups in total. The van der Waals surface area contributed by atoms with E-state index < -0.39 is 0 Å². The van der Waals surface area contributed by atoms with Gasteiger partial charge < -0.3 is 10.2 Å². The van der Waals surface area contributed by atoms with E-state index in [0.29, 0.717) is 6.04 Å². The maximum Gasteiger partial charge on any atom is 0.126 e. The largest absolute Gasteiger partial charge is 0.367 e. The van der Waals surface area contributed by atoms with E-state index in [4.69, 9.17) is 0 Å². The Labute approximate surface area is 117 Å². The van der Waals surface area contributed by atoms with Crippen LogP contribution in [0.15, 0.2) is 18.3 Å². The van der Waals surface area contributed by atoms with Crippen molar-refractivity contribution < 1.29 is 0 Å². The maximum atomic E-state index is 4.55. The lowest BCUT2D eigenvalue weighted by molar-refractivity contribution is 0.229. The first kappa shape index (κ1) is 14.3. The van der Waals surface area contributed by atoms with Crippen molar-refractivity contribution >= 4 is 5.82 Å². The van der Waals surface area contributed by atoms with Crippen molar-refractivity contribution in [3.63, 3.8) is 0 Å². The zero-order valence-electron chi connectivity index (χ0n) is 12.7. The van der Waals surface area contributed by atoms with Crippen LogP contribution in [0.1, 0.15) is 46.1 Å². The van der Waals surface area contributed by atoms with Crippen LogP contribution < -0.4 is 5.32 Å². The second-order valence-corrected chi connectivity index (χ2v) is 6.53. The predicted octanol–water partition coefficient (Wildman–Crippen LogP) is 3.28. The molecule has 0 saturated carbocycles. The lowest BCUT2D eigenvalue weighted by atomic mass is 9.88. The molecular weight excluding hydrogens is 234 g/mol. The lowest BCUT2D eigenvalue weighted by Crippen LogP contribution is -2.39. The third kappa shape index (κ3) is 3.93. The molecule has 0 aliphatic carbocycles. The van der Waals surface area contributed by atoms with E-state index >= 15 is 0 Å². The van der Waals surface area contributed by atoms with Gasteiger partial charge in [-0.25, -0.2) is 4.98 Å². The van der Waals surface area contributed by atoms with Crippen molar-refractivity contribution in [3.05, 3.63) is 23.9 Å². The molecule has 2 rings (SSSR count). The van der Waals surface area contributed by atoms with Gasteiger partial charge in [0.25, 0.3) is 0 Å². The molecule has 3 heteroatoms. The molecule has 0 unspecified atom stereocenters. The molecule has 3 nitrogen and oxygen atoms in total. The minimum absolute atomic E-state index is 0.179. The molecule has 1 saturated heterocycles. The second kappa shape index (κ2) is 5.91. The van der Waals surface area contributed by atoms with E-state index in [0.717, 1.165) is 5.82 Å². The Hall–Kier alpha value is -1.09. The van der Waals surface area contributed by atoms with Crippen molar-refractivity contribution in [2.24, 2.45) is 0 Å². The van der Waals surface area contributed by atoms with Crippen LogP contribution in [-0.2, 0) is 5.41 Å². The normalized spacial score (nSPS) is 18.5. The van der Waals surface area contributed by atoms with Gasteiger partial charge in [-0.2, -0.15) is 0 Å². The topological polar surface area (TPSA) is 28.2 Å². The minimum Gasteiger partial charge on any atom is -0.367 e. The summed E-state index contributed by atoms with van der Waals surface area (Å²) >= 11 is 0. The number of rotatable bonds is 3. The Morgan fingerprint density at radius 3 is 2.42 bits per heavy atom. The maximum absolute atomic E-state index is 4.55. The number of piperidine rings is 1. The highest BCUT2D eigenvalue weighted by molar-refractivity contribution is 5.38. The Balaban J connectivity index is 1.90. The first-order chi connectivity index (χ1) is 8.99. The number of anilines is 1. The molecule has 19 heavy (non-hydrogen) atoms. The third-order valence-electron chi connectivity index (χ3n) is 4.02. The summed E-state index contributed by atoms with van der Waals surface area (Å²) in [5.41, 5.74) is 1.47. The molecule has 1 aliphatic heterocycles. The van der Waals surface area contributed by atoms with Gasteiger partial charge >= 0.3 is 0 Å². The summed E-state index contributed by atoms with van der Waals surface area (Å²) in [6.07, 6.45) is 4.44. The average molecular weight is 261 g/mol. The highest BCUT2D eigenvalue weighted by Gasteiger charge is 2.18. The zero-order valence-corrected chi connectivity index (χ0v) is 12.7. The summed E-state index contributed by atoms with van der Waals surface area (Å²) in [6, 6.07) is 4.89. The van der Waals surface area contributed by atoms with E-state index in [1.54, 1.807) is 0 Å². The summed E-state index contributed by atoms with van der Waals surface area (Å²) in [5, 5.41) is 3.57. The van der Waals surface area contributed by atoms with Crippen molar-refractivity contribution in [1.29, 1.82) is 0 Å². The summed E-state index contributed by atoms with van der Waals surface area (Å²) in [4.78, 5) is 7.06. The van der Waals surface area contributed by atoms with Crippen LogP contribution in [0.25, 0.3) is 0 Å². The van der Waals surface area contributed by atoms with Gasteiger partial charge in [0.15, 0.2) is 0 Å². The highest BCUT2D eigenvalue weighted by Crippen LogP contribution is 2.22. The molecule has 0 radical (unpaired) electrons. The van der Waals surface area contributed by atoms with Gasteiger partial charge in [-0.05, 0) is 36.4 Å². The van der Waals surface area contributed by atoms with Crippen LogP contribution in [0.5, 0.6) is 0 Å². The summed E-state index contributed by atoms with van der Waals surface area (Å²) in [5.74, 6) is 1.02. The molecule has 0 atom stereocenters. The summed E-state index contributed by atoms with van der Waals surface area (Å²) < 4.78 is 0. The van der Waals surface area contributed by atoms with Crippen molar-refractivity contribution in [2.75, 3.05) is 25.0 Å². The van der Waals surface area contributed by atoms with Crippen LogP contribution in [0.4, 0.5) is 5.82 Å². The smallest absolute Gasteiger partial charge is 0.126 e. The van der Waals surface area contributed by atoms with Crippen LogP contribution in [0.2, 0.25) is 0 Å². The molecule has 2 heterocycles. The fraction of sp³-hybridized carbons (Fsp3) is 0.688. The molecule has 0 spiro atoms. The number of hydrogen-bond donors (Lipinski definition) is 1. The van der Waals surface area contributed by atoms with Crippen molar-refractivity contribution in [2.45, 2.75) is 52.0 Å². The van der Waals surface area contributed by atoms with Crippen molar-refractivity contribution in [3.8, 4) is 0 Å². The summed E-state index contributed by atoms with van der Waals surface area (Å²) in [7, 11) is 0. The second-order valence-electron chi connectivity index (χ2n) is 6.53. The number of nitrogens with one attached hydrogen (secondary N) is 1. The third-order valence-corrected chi connectivity index (χ3v) is 4.02. The van der Waals surface area contributed by atoms with Gasteiger partial charge in [-0.3, -0.25) is 0 Å². The van der Waals surface area contributed by atoms with Gasteiger partial charge in [-0.1, -0.05) is 33.8 Å². The Bertz CT molecular complexity index is 383. The van der Waals surface area contributed by atoms with Crippen LogP contribution >= 0.6 is 0 Å². The standard InChI is InChI=1S/C16H27N3/c1-5-19-10-8-14(9-11-19)18-15-7-6-13(12-17-15)16(2,3)4/h6-7,12,14H,5,8-11H2,1-4H3,(H,17,18). The number of pyridine rings is 1. The molecule has 0 bridgehead atoms. The van der Waals surface area contributed by atoms with E-state index in [-0.39, 0.29) is 5.41 Å². The predicted molar refractivity (Wildman–Crippen MR) is 81.7 cm³/mol. The molecule has 1 aromatic rings. The number of aromatic nitrogens is 1. The Morgan fingerprint density at radius 2 is 1.95 bits per heavy atom. The molecule has 1 fully saturated rings. The fourth-order valence-electron chi connectivity index (χ4n) is 2.53. The summed E-state index contributed by atoms with van der Waals surface area (Å²) in [6.45, 7) is 12.5. The number of nitrogens with zero attached hydrogens (tertiary/aromatic N) is 2. The van der Waals surface area contributed by atoms with Gasteiger partial charge in [0.05, 0.1) is 0 Å². The van der Waals surface area contributed by atoms with Gasteiger partial charge in [0, 0.05) is 25.3 Å². The zero-order chi connectivity index (χ0) is 13.9. The highest BCUT2D eigenvalue weighted by atomic mass is 15.1. The molecule has 1 aromatic heterocycles. The van der Waals surface area contributed by atoms with Crippen LogP contribution in [0, 0.1) is 0 Å². The van der Waals surface area contributed by atoms with Gasteiger partial charge in [-0.15, -0.1) is 0 Å². The first-order valence-corrected chi connectivity index (χ1v) is 7.44. The SMILES string of the molecule is CCN1CCC(Nc2ccc(C(C)(C)C)cn2)CC1. The van der Waals surface area contributed by atoms with Crippen LogP contribution in [-0.4, -0.2) is 35.6 Å². The molecule has 0 amide bonds. The van der Waals surface area contributed by atoms with Crippen LogP contribution in [0.3, 0.4) is 0 Å². The quantitative estimate of drug-likeness (QED) is 0.905. The molecule has 1 aliphatic rings. The fourth-order valence-corrected chi connectivity index (χ4v) is 2.53. The monoisotopic (exact) mass is 261 g/mol.